The number of carbonyl (C=O) groups excluding carboxylic acids is 3. The Morgan fingerprint density at radius 1 is 0.974 bits per heavy atom. The van der Waals surface area contributed by atoms with Gasteiger partial charge < -0.3 is 40.0 Å². The van der Waals surface area contributed by atoms with E-state index in [-0.39, 0.29) is 63.9 Å². The molecule has 2 atom stereocenters. The first-order valence-corrected chi connectivity index (χ1v) is 27.6. The molecule has 2 aliphatic carbocycles. The van der Waals surface area contributed by atoms with Crippen molar-refractivity contribution >= 4 is 56.6 Å². The summed E-state index contributed by atoms with van der Waals surface area (Å²) in [4.78, 5) is 61.6. The highest BCUT2D eigenvalue weighted by Crippen LogP contribution is 2.48. The molecule has 2 aromatic heterocycles. The molecule has 400 valence electrons. The number of nitrogens with one attached hydrogen (secondary N) is 3. The van der Waals surface area contributed by atoms with Gasteiger partial charge in [-0.05, 0) is 116 Å². The van der Waals surface area contributed by atoms with Crippen molar-refractivity contribution in [1.29, 1.82) is 5.41 Å². The van der Waals surface area contributed by atoms with E-state index in [2.05, 4.69) is 41.3 Å². The van der Waals surface area contributed by atoms with E-state index in [9.17, 15) is 19.5 Å². The van der Waals surface area contributed by atoms with E-state index in [1.54, 1.807) is 18.3 Å². The van der Waals surface area contributed by atoms with E-state index in [0.717, 1.165) is 121 Å². The molecule has 7 aliphatic rings. The van der Waals surface area contributed by atoms with Crippen molar-refractivity contribution < 1.29 is 37.7 Å². The lowest BCUT2D eigenvalue weighted by Crippen LogP contribution is -2.57. The fourth-order valence-corrected chi connectivity index (χ4v) is 13.2. The molecule has 3 aromatic carbocycles. The molecule has 5 aromatic rings. The van der Waals surface area contributed by atoms with Crippen LogP contribution in [0, 0.1) is 34.3 Å². The second kappa shape index (κ2) is 20.2. The van der Waals surface area contributed by atoms with Crippen LogP contribution in [-0.2, 0) is 25.5 Å². The maximum atomic E-state index is 17.3. The Labute approximate surface area is 441 Å². The van der Waals surface area contributed by atoms with Gasteiger partial charge in [-0.1, -0.05) is 25.1 Å². The summed E-state index contributed by atoms with van der Waals surface area (Å²) < 4.78 is 45.1. The largest absolute Gasteiger partial charge is 0.508 e. The van der Waals surface area contributed by atoms with Crippen LogP contribution in [0.2, 0.25) is 0 Å². The minimum absolute atomic E-state index is 0.0286. The molecular formula is C58H68F2N10O6. The summed E-state index contributed by atoms with van der Waals surface area (Å²) in [5.41, 5.74) is 3.27. The average molecular weight is 1040 g/mol. The summed E-state index contributed by atoms with van der Waals surface area (Å²) >= 11 is 0. The molecule has 76 heavy (non-hydrogen) atoms. The summed E-state index contributed by atoms with van der Waals surface area (Å²) in [5.74, 6) is -1.34. The minimum Gasteiger partial charge on any atom is -0.508 e. The van der Waals surface area contributed by atoms with Gasteiger partial charge in [-0.3, -0.25) is 29.6 Å². The van der Waals surface area contributed by atoms with Crippen LogP contribution in [0.3, 0.4) is 0 Å². The number of halogens is 2. The smallest absolute Gasteiger partial charge is 0.319 e. The molecule has 0 radical (unpaired) electrons. The van der Waals surface area contributed by atoms with Crippen molar-refractivity contribution in [3.05, 3.63) is 77.0 Å². The Morgan fingerprint density at radius 3 is 2.47 bits per heavy atom. The third kappa shape index (κ3) is 9.52. The van der Waals surface area contributed by atoms with Gasteiger partial charge in [0.15, 0.2) is 5.82 Å². The number of likely N-dealkylation sites (tertiary alicyclic amines) is 1. The highest BCUT2D eigenvalue weighted by Gasteiger charge is 2.47. The molecule has 18 heteroatoms. The normalized spacial score (nSPS) is 25.1. The van der Waals surface area contributed by atoms with E-state index in [4.69, 9.17) is 24.9 Å². The lowest BCUT2D eigenvalue weighted by Gasteiger charge is -2.48. The number of pyridine rings is 1. The number of anilines is 2. The van der Waals surface area contributed by atoms with E-state index in [1.165, 1.54) is 12.1 Å². The van der Waals surface area contributed by atoms with Gasteiger partial charge in [-0.25, -0.2) is 8.78 Å². The van der Waals surface area contributed by atoms with Crippen LogP contribution in [0.1, 0.15) is 100 Å². The summed E-state index contributed by atoms with van der Waals surface area (Å²) in [5, 5.41) is 26.7. The number of phenolic OH excluding ortho intramolecular Hbond substituents is 1. The van der Waals surface area contributed by atoms with Gasteiger partial charge in [0.05, 0.1) is 35.8 Å². The Bertz CT molecular complexity index is 3130. The maximum Gasteiger partial charge on any atom is 0.319 e. The SMILES string of the molecule is CCc1c(F)ccc2cc(O)cc(-c3ncc4c(N5CCCC6(CCO6)C5)nc(OCC5(CN6CCN(C7CC(C(=O)N8CCC(c9ccc(C(=N)C%10CCC(=O)NC%10=O)c(NC)c9)CC8)C7)CC6)CC5)nc4c3F)c12. The Hall–Kier alpha value is -6.37. The Morgan fingerprint density at radius 2 is 1.76 bits per heavy atom. The van der Waals surface area contributed by atoms with E-state index >= 15 is 8.78 Å². The average Bonchev–Trinajstić information content (AvgIpc) is 4.18. The molecule has 2 unspecified atom stereocenters. The van der Waals surface area contributed by atoms with Gasteiger partial charge in [-0.2, -0.15) is 9.97 Å². The van der Waals surface area contributed by atoms with Crippen LogP contribution >= 0.6 is 0 Å². The van der Waals surface area contributed by atoms with Crippen molar-refractivity contribution in [1.82, 2.24) is 35.0 Å². The monoisotopic (exact) mass is 1040 g/mol. The molecule has 7 heterocycles. The maximum absolute atomic E-state index is 17.3. The number of fused-ring (bicyclic) bond motifs is 2. The molecule has 5 aliphatic heterocycles. The predicted molar refractivity (Wildman–Crippen MR) is 285 cm³/mol. The van der Waals surface area contributed by atoms with Gasteiger partial charge in [0.2, 0.25) is 17.7 Å². The highest BCUT2D eigenvalue weighted by atomic mass is 19.1. The quantitative estimate of drug-likeness (QED) is 0.0630. The van der Waals surface area contributed by atoms with Crippen molar-refractivity contribution in [2.75, 3.05) is 89.4 Å². The summed E-state index contributed by atoms with van der Waals surface area (Å²) in [6.07, 6.45) is 10.9. The van der Waals surface area contributed by atoms with Crippen LogP contribution < -0.4 is 20.3 Å². The summed E-state index contributed by atoms with van der Waals surface area (Å²) in [6.45, 7) is 10.4. The topological polar surface area (TPSA) is 189 Å². The number of hydrogen-bond acceptors (Lipinski definition) is 14. The second-order valence-corrected chi connectivity index (χ2v) is 22.8. The first-order valence-electron chi connectivity index (χ1n) is 27.6. The summed E-state index contributed by atoms with van der Waals surface area (Å²) in [7, 11) is 1.82. The van der Waals surface area contributed by atoms with Crippen molar-refractivity contribution in [2.24, 2.45) is 17.3 Å². The fourth-order valence-electron chi connectivity index (χ4n) is 13.2. The van der Waals surface area contributed by atoms with Crippen LogP contribution in [-0.4, -0.2) is 149 Å². The molecule has 1 spiro atoms. The molecule has 0 bridgehead atoms. The number of hydrogen-bond donors (Lipinski definition) is 4. The van der Waals surface area contributed by atoms with Gasteiger partial charge in [0, 0.05) is 119 Å². The van der Waals surface area contributed by atoms with Crippen LogP contribution in [0.15, 0.2) is 48.7 Å². The number of amides is 3. The lowest BCUT2D eigenvalue weighted by atomic mass is 9.77. The number of piperazine rings is 1. The zero-order chi connectivity index (χ0) is 52.5. The standard InChI is InChI=1S/C58H68F2N10O6/c1-3-40-45(59)9-6-36-27-39(71)29-43(48(36)40)51-49(60)52-44(30-63-51)53(70-17-4-13-58(32-70)16-24-76-58)66-56(65-52)75-33-57(14-15-57)31-67-20-22-68(23-21-67)38-25-37(26-38)55(74)69-18-11-34(12-19-69)35-5-7-41(46(28-35)62-2)50(61)42-8-10-47(72)64-54(42)73/h5-7,9,27-30,34,37-38,42,61-62,71H,3-4,8,10-26,31-33H2,1-2H3,(H,64,72,73). The summed E-state index contributed by atoms with van der Waals surface area (Å²) in [6, 6.07) is 12.5. The number of aryl methyl sites for hydroxylation is 1. The number of aromatic nitrogens is 3. The third-order valence-electron chi connectivity index (χ3n) is 18.1. The molecule has 4 N–H and O–H groups in total. The molecule has 7 fully saturated rings. The number of imide groups is 1. The van der Waals surface area contributed by atoms with E-state index in [1.807, 2.05) is 26.1 Å². The second-order valence-electron chi connectivity index (χ2n) is 22.8. The predicted octanol–water partition coefficient (Wildman–Crippen LogP) is 7.57. The number of rotatable bonds is 14. The number of benzene rings is 3. The van der Waals surface area contributed by atoms with Crippen LogP contribution in [0.4, 0.5) is 20.3 Å². The van der Waals surface area contributed by atoms with E-state index in [0.29, 0.717) is 83.2 Å². The molecule has 12 rings (SSSR count). The molecule has 5 saturated heterocycles. The van der Waals surface area contributed by atoms with Crippen molar-refractivity contribution in [3.63, 3.8) is 0 Å². The first-order chi connectivity index (χ1) is 36.8. The van der Waals surface area contributed by atoms with Gasteiger partial charge in [0.25, 0.3) is 0 Å². The first kappa shape index (κ1) is 50.4. The number of carbonyl (C=O) groups is 3. The van der Waals surface area contributed by atoms with E-state index < -0.39 is 23.5 Å². The molecule has 3 amide bonds. The van der Waals surface area contributed by atoms with Gasteiger partial charge in [-0.15, -0.1) is 0 Å². The number of aromatic hydroxyl groups is 1. The third-order valence-corrected chi connectivity index (χ3v) is 18.1. The van der Waals surface area contributed by atoms with Crippen molar-refractivity contribution in [3.8, 4) is 23.0 Å². The number of nitrogens with zero attached hydrogens (tertiary/aromatic N) is 7. The zero-order valence-electron chi connectivity index (χ0n) is 43.6. The number of phenols is 1. The minimum atomic E-state index is -0.685. The van der Waals surface area contributed by atoms with Crippen molar-refractivity contribution in [2.45, 2.75) is 102 Å². The van der Waals surface area contributed by atoms with Crippen LogP contribution in [0.5, 0.6) is 11.8 Å². The highest BCUT2D eigenvalue weighted by molar-refractivity contribution is 6.17. The molecule has 2 saturated carbocycles. The fraction of sp³-hybridized carbons (Fsp3) is 0.534. The molecular weight excluding hydrogens is 971 g/mol. The van der Waals surface area contributed by atoms with Gasteiger partial charge >= 0.3 is 6.01 Å². The Kier molecular flexibility index (Phi) is 13.4. The molecule has 16 nitrogen and oxygen atoms in total. The number of ether oxygens (including phenoxy) is 2. The van der Waals surface area contributed by atoms with Crippen LogP contribution in [0.25, 0.3) is 32.9 Å². The zero-order valence-corrected chi connectivity index (χ0v) is 43.6. The Balaban J connectivity index is 0.658. The van der Waals surface area contributed by atoms with Gasteiger partial charge in [0.1, 0.15) is 28.6 Å². The number of piperidine rings is 3. The lowest BCUT2D eigenvalue weighted by molar-refractivity contribution is -0.151.